The average Bonchev–Trinajstić information content (AvgIpc) is 2.78. The summed E-state index contributed by atoms with van der Waals surface area (Å²) in [5.74, 6) is -0.511. The Kier molecular flexibility index (Phi) is 4.33. The standard InChI is InChI=1S/C17H16N2O3/c1-11-8-13(9-14(10-18)17(20)21)12(2)19(11)15-6-4-5-7-16(15)22-3/h4-9H,1-3H3,(H,20,21). The number of aryl methyl sites for hydroxylation is 1. The van der Waals surface area contributed by atoms with Crippen LogP contribution in [0, 0.1) is 25.2 Å². The number of hydrogen-bond donors (Lipinski definition) is 1. The molecule has 0 radical (unpaired) electrons. The van der Waals surface area contributed by atoms with Crippen molar-refractivity contribution in [2.75, 3.05) is 7.11 Å². The normalized spacial score (nSPS) is 11.1. The lowest BCUT2D eigenvalue weighted by atomic mass is 10.1. The summed E-state index contributed by atoms with van der Waals surface area (Å²) >= 11 is 0. The van der Waals surface area contributed by atoms with E-state index in [9.17, 15) is 4.79 Å². The predicted octanol–water partition coefficient (Wildman–Crippen LogP) is 3.09. The summed E-state index contributed by atoms with van der Waals surface area (Å²) in [5, 5.41) is 17.9. The third kappa shape index (κ3) is 2.72. The van der Waals surface area contributed by atoms with E-state index in [1.54, 1.807) is 13.2 Å². The van der Waals surface area contributed by atoms with Gasteiger partial charge in [0.2, 0.25) is 0 Å². The van der Waals surface area contributed by atoms with Crippen molar-refractivity contribution in [2.24, 2.45) is 0 Å². The Hall–Kier alpha value is -3.00. The number of nitrogens with zero attached hydrogens (tertiary/aromatic N) is 2. The van der Waals surface area contributed by atoms with Crippen LogP contribution in [0.15, 0.2) is 35.9 Å². The van der Waals surface area contributed by atoms with E-state index in [4.69, 9.17) is 15.1 Å². The largest absolute Gasteiger partial charge is 0.495 e. The van der Waals surface area contributed by atoms with E-state index in [-0.39, 0.29) is 5.57 Å². The fourth-order valence-corrected chi connectivity index (χ4v) is 2.42. The van der Waals surface area contributed by atoms with Crippen molar-refractivity contribution >= 4 is 12.0 Å². The molecule has 0 atom stereocenters. The number of rotatable bonds is 4. The van der Waals surface area contributed by atoms with Crippen LogP contribution in [0.25, 0.3) is 11.8 Å². The molecule has 112 valence electrons. The second-order valence-corrected chi connectivity index (χ2v) is 4.81. The maximum atomic E-state index is 11.0. The number of carboxylic acids is 1. The number of carbonyl (C=O) groups is 1. The molecule has 0 unspecified atom stereocenters. The van der Waals surface area contributed by atoms with Gasteiger partial charge in [-0.2, -0.15) is 5.26 Å². The Morgan fingerprint density at radius 3 is 2.64 bits per heavy atom. The average molecular weight is 296 g/mol. The van der Waals surface area contributed by atoms with Crippen molar-refractivity contribution in [3.8, 4) is 17.5 Å². The van der Waals surface area contributed by atoms with Crippen molar-refractivity contribution in [2.45, 2.75) is 13.8 Å². The second kappa shape index (κ2) is 6.19. The molecule has 0 fully saturated rings. The van der Waals surface area contributed by atoms with Crippen molar-refractivity contribution in [1.82, 2.24) is 4.57 Å². The van der Waals surface area contributed by atoms with Crippen LogP contribution >= 0.6 is 0 Å². The summed E-state index contributed by atoms with van der Waals surface area (Å²) in [4.78, 5) is 11.0. The molecule has 1 aromatic carbocycles. The van der Waals surface area contributed by atoms with Crippen LogP contribution < -0.4 is 4.74 Å². The van der Waals surface area contributed by atoms with Crippen molar-refractivity contribution in [3.05, 3.63) is 52.9 Å². The Labute approximate surface area is 128 Å². The highest BCUT2D eigenvalue weighted by atomic mass is 16.5. The van der Waals surface area contributed by atoms with Crippen LogP contribution in [0.1, 0.15) is 17.0 Å². The van der Waals surface area contributed by atoms with E-state index in [1.165, 1.54) is 6.08 Å². The first-order valence-electron chi connectivity index (χ1n) is 6.67. The lowest BCUT2D eigenvalue weighted by molar-refractivity contribution is -0.132. The van der Waals surface area contributed by atoms with E-state index in [1.807, 2.05) is 48.7 Å². The van der Waals surface area contributed by atoms with Gasteiger partial charge in [0.25, 0.3) is 0 Å². The number of benzene rings is 1. The van der Waals surface area contributed by atoms with E-state index in [0.717, 1.165) is 22.8 Å². The molecule has 0 aliphatic rings. The molecule has 0 bridgehead atoms. The van der Waals surface area contributed by atoms with E-state index in [0.29, 0.717) is 5.56 Å². The fourth-order valence-electron chi connectivity index (χ4n) is 2.42. The van der Waals surface area contributed by atoms with Crippen LogP contribution in [-0.2, 0) is 4.79 Å². The summed E-state index contributed by atoms with van der Waals surface area (Å²) in [6.07, 6.45) is 1.39. The Morgan fingerprint density at radius 1 is 1.36 bits per heavy atom. The molecule has 0 aliphatic heterocycles. The highest BCUT2D eigenvalue weighted by Crippen LogP contribution is 2.28. The van der Waals surface area contributed by atoms with Crippen LogP contribution in [0.2, 0.25) is 0 Å². The van der Waals surface area contributed by atoms with Crippen molar-refractivity contribution in [1.29, 1.82) is 5.26 Å². The maximum absolute atomic E-state index is 11.0. The summed E-state index contributed by atoms with van der Waals surface area (Å²) in [6.45, 7) is 3.80. The summed E-state index contributed by atoms with van der Waals surface area (Å²) in [5.41, 5.74) is 3.04. The topological polar surface area (TPSA) is 75.2 Å². The van der Waals surface area contributed by atoms with Crippen LogP contribution in [0.5, 0.6) is 5.75 Å². The number of para-hydroxylation sites is 2. The quantitative estimate of drug-likeness (QED) is 0.695. The molecule has 2 aromatic rings. The molecule has 0 aliphatic carbocycles. The molecule has 5 nitrogen and oxygen atoms in total. The summed E-state index contributed by atoms with van der Waals surface area (Å²) in [7, 11) is 1.60. The molecular weight excluding hydrogens is 280 g/mol. The molecule has 0 spiro atoms. The van der Waals surface area contributed by atoms with Crippen molar-refractivity contribution < 1.29 is 14.6 Å². The lowest BCUT2D eigenvalue weighted by Crippen LogP contribution is -2.02. The van der Waals surface area contributed by atoms with Crippen LogP contribution in [0.4, 0.5) is 0 Å². The van der Waals surface area contributed by atoms with Gasteiger partial charge in [-0.05, 0) is 43.7 Å². The third-order valence-electron chi connectivity index (χ3n) is 3.45. The molecule has 2 rings (SSSR count). The Bertz CT molecular complexity index is 795. The van der Waals surface area contributed by atoms with Gasteiger partial charge in [0.1, 0.15) is 17.4 Å². The predicted molar refractivity (Wildman–Crippen MR) is 83.0 cm³/mol. The second-order valence-electron chi connectivity index (χ2n) is 4.81. The molecular formula is C17H16N2O3. The van der Waals surface area contributed by atoms with Gasteiger partial charge in [-0.3, -0.25) is 0 Å². The minimum atomic E-state index is -1.23. The third-order valence-corrected chi connectivity index (χ3v) is 3.45. The minimum absolute atomic E-state index is 0.291. The molecule has 22 heavy (non-hydrogen) atoms. The van der Waals surface area contributed by atoms with E-state index >= 15 is 0 Å². The number of nitriles is 1. The Balaban J connectivity index is 2.63. The maximum Gasteiger partial charge on any atom is 0.346 e. The van der Waals surface area contributed by atoms with Gasteiger partial charge < -0.3 is 14.4 Å². The molecule has 5 heteroatoms. The number of carboxylic acid groups (broad SMARTS) is 1. The number of aromatic nitrogens is 1. The number of hydrogen-bond acceptors (Lipinski definition) is 3. The van der Waals surface area contributed by atoms with E-state index in [2.05, 4.69) is 0 Å². The molecule has 1 N–H and O–H groups in total. The van der Waals surface area contributed by atoms with Gasteiger partial charge in [0.05, 0.1) is 12.8 Å². The molecule has 1 aromatic heterocycles. The van der Waals surface area contributed by atoms with Gasteiger partial charge in [0.15, 0.2) is 0 Å². The first-order chi connectivity index (χ1) is 10.5. The van der Waals surface area contributed by atoms with Gasteiger partial charge in [-0.1, -0.05) is 12.1 Å². The minimum Gasteiger partial charge on any atom is -0.495 e. The first kappa shape index (κ1) is 15.4. The van der Waals surface area contributed by atoms with Crippen molar-refractivity contribution in [3.63, 3.8) is 0 Å². The molecule has 0 saturated heterocycles. The van der Waals surface area contributed by atoms with E-state index < -0.39 is 5.97 Å². The zero-order chi connectivity index (χ0) is 16.3. The number of aliphatic carboxylic acids is 1. The lowest BCUT2D eigenvalue weighted by Gasteiger charge is -2.13. The SMILES string of the molecule is COc1ccccc1-n1c(C)cc(C=C(C#N)C(=O)O)c1C. The molecule has 0 saturated carbocycles. The summed E-state index contributed by atoms with van der Waals surface area (Å²) < 4.78 is 7.35. The first-order valence-corrected chi connectivity index (χ1v) is 6.67. The van der Waals surface area contributed by atoms with Gasteiger partial charge in [-0.25, -0.2) is 4.79 Å². The highest BCUT2D eigenvalue weighted by Gasteiger charge is 2.14. The fraction of sp³-hybridized carbons (Fsp3) is 0.176. The van der Waals surface area contributed by atoms with Gasteiger partial charge >= 0.3 is 5.97 Å². The number of ether oxygens (including phenoxy) is 1. The zero-order valence-electron chi connectivity index (χ0n) is 12.6. The smallest absolute Gasteiger partial charge is 0.346 e. The van der Waals surface area contributed by atoms with Crippen LogP contribution in [-0.4, -0.2) is 22.8 Å². The monoisotopic (exact) mass is 296 g/mol. The van der Waals surface area contributed by atoms with Crippen LogP contribution in [0.3, 0.4) is 0 Å². The summed E-state index contributed by atoms with van der Waals surface area (Å²) in [6, 6.07) is 11.1. The highest BCUT2D eigenvalue weighted by molar-refractivity contribution is 5.96. The number of methoxy groups -OCH3 is 1. The zero-order valence-corrected chi connectivity index (χ0v) is 12.6. The molecule has 1 heterocycles. The Morgan fingerprint density at radius 2 is 2.05 bits per heavy atom. The van der Waals surface area contributed by atoms with Gasteiger partial charge in [0, 0.05) is 11.4 Å². The molecule has 0 amide bonds. The van der Waals surface area contributed by atoms with Gasteiger partial charge in [-0.15, -0.1) is 0 Å².